The van der Waals surface area contributed by atoms with E-state index in [1.807, 2.05) is 30.3 Å². The van der Waals surface area contributed by atoms with E-state index in [-0.39, 0.29) is 12.5 Å². The Balaban J connectivity index is 1.59. The van der Waals surface area contributed by atoms with Gasteiger partial charge in [0.2, 0.25) is 11.9 Å². The van der Waals surface area contributed by atoms with Gasteiger partial charge in [0, 0.05) is 37.1 Å². The van der Waals surface area contributed by atoms with E-state index < -0.39 is 6.04 Å². The lowest BCUT2D eigenvalue weighted by Gasteiger charge is -2.19. The van der Waals surface area contributed by atoms with Crippen molar-refractivity contribution in [3.05, 3.63) is 71.9 Å². The monoisotopic (exact) mass is 446 g/mol. The van der Waals surface area contributed by atoms with E-state index >= 15 is 0 Å². The van der Waals surface area contributed by atoms with Crippen LogP contribution in [0.3, 0.4) is 0 Å². The maximum absolute atomic E-state index is 12.5. The Labute approximate surface area is 194 Å². The smallest absolute Gasteiger partial charge is 0.239 e. The average molecular weight is 447 g/mol. The van der Waals surface area contributed by atoms with Crippen molar-refractivity contribution >= 4 is 17.5 Å². The highest BCUT2D eigenvalue weighted by Gasteiger charge is 2.16. The summed E-state index contributed by atoms with van der Waals surface area (Å²) in [4.78, 5) is 23.7. The van der Waals surface area contributed by atoms with Crippen LogP contribution >= 0.6 is 0 Å². The molecule has 0 spiro atoms. The van der Waals surface area contributed by atoms with Gasteiger partial charge in [-0.15, -0.1) is 0 Å². The van der Waals surface area contributed by atoms with Crippen molar-refractivity contribution in [1.82, 2.24) is 25.5 Å². The van der Waals surface area contributed by atoms with E-state index in [9.17, 15) is 9.90 Å². The molecule has 0 saturated carbocycles. The molecular weight excluding hydrogens is 416 g/mol. The van der Waals surface area contributed by atoms with E-state index in [0.717, 1.165) is 42.0 Å². The molecule has 0 saturated heterocycles. The maximum Gasteiger partial charge on any atom is 0.239 e. The predicted octanol–water partition coefficient (Wildman–Crippen LogP) is 2.29. The first-order chi connectivity index (χ1) is 16.1. The SMILES string of the molecule is CN1CCCNC(=O)[C@H](CO)NCc2cccc(c2)Nc2nccc(n2)-c2ccc(cc2)C1. The van der Waals surface area contributed by atoms with Crippen molar-refractivity contribution in [1.29, 1.82) is 0 Å². The van der Waals surface area contributed by atoms with Gasteiger partial charge in [-0.1, -0.05) is 36.4 Å². The third-order valence-electron chi connectivity index (χ3n) is 5.61. The number of hydrogen-bond acceptors (Lipinski definition) is 7. The van der Waals surface area contributed by atoms with Gasteiger partial charge in [-0.3, -0.25) is 10.1 Å². The molecule has 2 aromatic carbocycles. The average Bonchev–Trinajstić information content (AvgIpc) is 2.83. The number of benzene rings is 2. The number of carbonyl (C=O) groups excluding carboxylic acids is 1. The Hall–Kier alpha value is -3.33. The lowest BCUT2D eigenvalue weighted by atomic mass is 10.1. The van der Waals surface area contributed by atoms with Crippen LogP contribution in [0.15, 0.2) is 60.8 Å². The van der Waals surface area contributed by atoms with Crippen LogP contribution in [0, 0.1) is 0 Å². The molecule has 2 aliphatic heterocycles. The number of fused-ring (bicyclic) bond motifs is 11. The number of amides is 1. The van der Waals surface area contributed by atoms with E-state index in [4.69, 9.17) is 0 Å². The number of carbonyl (C=O) groups is 1. The zero-order valence-corrected chi connectivity index (χ0v) is 18.8. The van der Waals surface area contributed by atoms with Gasteiger partial charge in [0.1, 0.15) is 6.04 Å². The van der Waals surface area contributed by atoms with Gasteiger partial charge in [0.15, 0.2) is 0 Å². The molecule has 33 heavy (non-hydrogen) atoms. The van der Waals surface area contributed by atoms with Crippen LogP contribution in [0.4, 0.5) is 11.6 Å². The fourth-order valence-electron chi connectivity index (χ4n) is 3.80. The van der Waals surface area contributed by atoms with Crippen LogP contribution in [0.2, 0.25) is 0 Å². The lowest BCUT2D eigenvalue weighted by Crippen LogP contribution is -2.46. The molecule has 5 rings (SSSR count). The van der Waals surface area contributed by atoms with Crippen LogP contribution < -0.4 is 16.0 Å². The third kappa shape index (κ3) is 6.35. The Morgan fingerprint density at radius 2 is 1.97 bits per heavy atom. The summed E-state index contributed by atoms with van der Waals surface area (Å²) in [6, 6.07) is 17.5. The number of nitrogens with zero attached hydrogens (tertiary/aromatic N) is 3. The Bertz CT molecular complexity index is 1070. The summed E-state index contributed by atoms with van der Waals surface area (Å²) in [5, 5.41) is 19.0. The van der Waals surface area contributed by atoms with Crippen molar-refractivity contribution in [3.8, 4) is 11.3 Å². The number of nitrogens with one attached hydrogen (secondary N) is 3. The van der Waals surface area contributed by atoms with Crippen LogP contribution in [-0.4, -0.2) is 58.7 Å². The van der Waals surface area contributed by atoms with Crippen LogP contribution in [-0.2, 0) is 17.9 Å². The molecule has 6 bridgehead atoms. The first-order valence-corrected chi connectivity index (χ1v) is 11.2. The van der Waals surface area contributed by atoms with E-state index in [2.05, 4.69) is 62.1 Å². The molecule has 1 amide bonds. The molecule has 0 radical (unpaired) electrons. The second-order valence-corrected chi connectivity index (χ2v) is 8.29. The summed E-state index contributed by atoms with van der Waals surface area (Å²) >= 11 is 0. The molecule has 1 atom stereocenters. The summed E-state index contributed by atoms with van der Waals surface area (Å²) in [6.07, 6.45) is 2.58. The Kier molecular flexibility index (Phi) is 7.62. The first kappa shape index (κ1) is 22.8. The Morgan fingerprint density at radius 1 is 1.12 bits per heavy atom. The first-order valence-electron chi connectivity index (χ1n) is 11.2. The minimum atomic E-state index is -0.660. The van der Waals surface area contributed by atoms with E-state index in [0.29, 0.717) is 19.0 Å². The summed E-state index contributed by atoms with van der Waals surface area (Å²) in [5.74, 6) is 0.320. The molecule has 0 aliphatic carbocycles. The molecule has 8 heteroatoms. The number of aromatic nitrogens is 2. The number of rotatable bonds is 1. The van der Waals surface area contributed by atoms with E-state index in [1.54, 1.807) is 6.20 Å². The number of hydrogen-bond donors (Lipinski definition) is 4. The van der Waals surface area contributed by atoms with Crippen LogP contribution in [0.1, 0.15) is 17.5 Å². The van der Waals surface area contributed by atoms with Crippen molar-refractivity contribution in [3.63, 3.8) is 0 Å². The number of anilines is 2. The lowest BCUT2D eigenvalue weighted by molar-refractivity contribution is -0.124. The zero-order chi connectivity index (χ0) is 23.0. The highest BCUT2D eigenvalue weighted by molar-refractivity contribution is 5.81. The Morgan fingerprint density at radius 3 is 2.79 bits per heavy atom. The maximum atomic E-state index is 12.5. The minimum Gasteiger partial charge on any atom is -0.394 e. The van der Waals surface area contributed by atoms with Gasteiger partial charge in [0.25, 0.3) is 0 Å². The molecule has 172 valence electrons. The summed E-state index contributed by atoms with van der Waals surface area (Å²) < 4.78 is 0. The standard InChI is InChI=1S/C25H30N6O2/c1-31-13-3-11-26-24(33)23(17-32)28-15-19-4-2-5-21(14-19)29-25-27-12-10-22(30-25)20-8-6-18(16-31)7-9-20/h2,4-10,12,14,23,28,32H,3,11,13,15-17H2,1H3,(H,26,33)(H,27,29,30)/t23-/m0/s1. The highest BCUT2D eigenvalue weighted by atomic mass is 16.3. The molecule has 3 aromatic rings. The zero-order valence-electron chi connectivity index (χ0n) is 18.8. The normalized spacial score (nSPS) is 18.1. The molecule has 4 N–H and O–H groups in total. The predicted molar refractivity (Wildman–Crippen MR) is 129 cm³/mol. The minimum absolute atomic E-state index is 0.193. The second-order valence-electron chi connectivity index (χ2n) is 8.29. The fourth-order valence-corrected chi connectivity index (χ4v) is 3.80. The van der Waals surface area contributed by atoms with Crippen molar-refractivity contribution in [2.75, 3.05) is 32.1 Å². The van der Waals surface area contributed by atoms with Gasteiger partial charge >= 0.3 is 0 Å². The van der Waals surface area contributed by atoms with Crippen LogP contribution in [0.5, 0.6) is 0 Å². The third-order valence-corrected chi connectivity index (χ3v) is 5.61. The molecule has 8 nitrogen and oxygen atoms in total. The van der Waals surface area contributed by atoms with E-state index in [1.165, 1.54) is 5.56 Å². The molecular formula is C25H30N6O2. The summed E-state index contributed by atoms with van der Waals surface area (Å²) in [7, 11) is 2.07. The summed E-state index contributed by atoms with van der Waals surface area (Å²) in [5.41, 5.74) is 4.93. The second kappa shape index (κ2) is 11.0. The van der Waals surface area contributed by atoms with Crippen molar-refractivity contribution in [2.45, 2.75) is 25.6 Å². The van der Waals surface area contributed by atoms with Crippen LogP contribution in [0.25, 0.3) is 11.3 Å². The van der Waals surface area contributed by atoms with Crippen molar-refractivity contribution in [2.24, 2.45) is 0 Å². The van der Waals surface area contributed by atoms with Gasteiger partial charge in [-0.05, 0) is 49.3 Å². The topological polar surface area (TPSA) is 102 Å². The van der Waals surface area contributed by atoms with Crippen molar-refractivity contribution < 1.29 is 9.90 Å². The number of aliphatic hydroxyl groups is 1. The largest absolute Gasteiger partial charge is 0.394 e. The molecule has 0 fully saturated rings. The number of aliphatic hydroxyl groups excluding tert-OH is 1. The molecule has 1 aromatic heterocycles. The van der Waals surface area contributed by atoms with Gasteiger partial charge in [-0.2, -0.15) is 0 Å². The van der Waals surface area contributed by atoms with Gasteiger partial charge in [-0.25, -0.2) is 9.97 Å². The van der Waals surface area contributed by atoms with Gasteiger partial charge in [0.05, 0.1) is 12.3 Å². The fraction of sp³-hybridized carbons (Fsp3) is 0.320. The summed E-state index contributed by atoms with van der Waals surface area (Å²) in [6.45, 7) is 2.42. The molecule has 2 aliphatic rings. The van der Waals surface area contributed by atoms with Gasteiger partial charge < -0.3 is 20.6 Å². The molecule has 3 heterocycles. The quantitative estimate of drug-likeness (QED) is 0.455. The molecule has 0 unspecified atom stereocenters. The highest BCUT2D eigenvalue weighted by Crippen LogP contribution is 2.21.